The summed E-state index contributed by atoms with van der Waals surface area (Å²) in [7, 11) is -3.66. The first-order chi connectivity index (χ1) is 16.3. The van der Waals surface area contributed by atoms with Gasteiger partial charge in [0.1, 0.15) is 10.6 Å². The number of aromatic nitrogens is 1. The molecule has 0 radical (unpaired) electrons. The van der Waals surface area contributed by atoms with E-state index in [1.807, 2.05) is 17.0 Å². The van der Waals surface area contributed by atoms with Crippen LogP contribution in [-0.4, -0.2) is 99.0 Å². The largest absolute Gasteiger partial charge is 0.369 e. The second kappa shape index (κ2) is 10.4. The summed E-state index contributed by atoms with van der Waals surface area (Å²) in [5.41, 5.74) is 2.30. The van der Waals surface area contributed by atoms with Gasteiger partial charge in [-0.2, -0.15) is 4.31 Å². The molecule has 2 aliphatic rings. The van der Waals surface area contributed by atoms with Crippen molar-refractivity contribution < 1.29 is 17.7 Å². The highest BCUT2D eigenvalue weighted by molar-refractivity contribution is 7.89. The standard InChI is InChI=1S/C23H34N6O4S/c1-4-26-9-13-28(14-10-26)21-7-5-20(6-8-21)24-22(30)17-27-11-15-29(16-12-27)34(31,32)23-18(2)25-33-19(23)3/h5-8H,4,9-17H2,1-3H3,(H,24,30). The quantitative estimate of drug-likeness (QED) is 0.621. The van der Waals surface area contributed by atoms with E-state index < -0.39 is 10.0 Å². The van der Waals surface area contributed by atoms with E-state index in [-0.39, 0.29) is 17.3 Å². The van der Waals surface area contributed by atoms with Crippen LogP contribution in [0, 0.1) is 13.8 Å². The Hall–Kier alpha value is -2.47. The lowest BCUT2D eigenvalue weighted by Gasteiger charge is -2.35. The SMILES string of the molecule is CCN1CCN(c2ccc(NC(=O)CN3CCN(S(=O)(=O)c4c(C)noc4C)CC3)cc2)CC1. The number of anilines is 2. The van der Waals surface area contributed by atoms with Crippen LogP contribution in [0.25, 0.3) is 0 Å². The summed E-state index contributed by atoms with van der Waals surface area (Å²) >= 11 is 0. The second-order valence-electron chi connectivity index (χ2n) is 8.85. The van der Waals surface area contributed by atoms with Gasteiger partial charge in [0.2, 0.25) is 15.9 Å². The van der Waals surface area contributed by atoms with Gasteiger partial charge in [0, 0.05) is 63.7 Å². The maximum atomic E-state index is 13.0. The number of carbonyl (C=O) groups is 1. The van der Waals surface area contributed by atoms with E-state index in [2.05, 4.69) is 39.3 Å². The third-order valence-corrected chi connectivity index (χ3v) is 8.74. The van der Waals surface area contributed by atoms with Gasteiger partial charge >= 0.3 is 0 Å². The van der Waals surface area contributed by atoms with Crippen LogP contribution in [-0.2, 0) is 14.8 Å². The molecule has 1 N–H and O–H groups in total. The third-order valence-electron chi connectivity index (χ3n) is 6.60. The van der Waals surface area contributed by atoms with E-state index in [4.69, 9.17) is 4.52 Å². The Balaban J connectivity index is 1.25. The number of sulfonamides is 1. The topological polar surface area (TPSA) is 102 Å². The van der Waals surface area contributed by atoms with Gasteiger partial charge in [-0.15, -0.1) is 0 Å². The number of hydrogen-bond donors (Lipinski definition) is 1. The number of aryl methyl sites for hydroxylation is 2. The third kappa shape index (κ3) is 5.43. The van der Waals surface area contributed by atoms with Crippen molar-refractivity contribution in [2.24, 2.45) is 0 Å². The van der Waals surface area contributed by atoms with Crippen molar-refractivity contribution in [3.8, 4) is 0 Å². The van der Waals surface area contributed by atoms with E-state index in [1.54, 1.807) is 13.8 Å². The van der Waals surface area contributed by atoms with E-state index in [0.29, 0.717) is 37.6 Å². The summed E-state index contributed by atoms with van der Waals surface area (Å²) in [5.74, 6) is 0.194. The van der Waals surface area contributed by atoms with Crippen molar-refractivity contribution in [2.45, 2.75) is 25.7 Å². The van der Waals surface area contributed by atoms with Crippen LogP contribution in [0.1, 0.15) is 18.4 Å². The number of benzene rings is 1. The van der Waals surface area contributed by atoms with Gasteiger partial charge in [-0.1, -0.05) is 12.1 Å². The zero-order valence-corrected chi connectivity index (χ0v) is 21.0. The first kappa shape index (κ1) is 24.6. The molecule has 2 saturated heterocycles. The fourth-order valence-corrected chi connectivity index (χ4v) is 6.29. The Morgan fingerprint density at radius 3 is 2.15 bits per heavy atom. The van der Waals surface area contributed by atoms with Gasteiger partial charge in [-0.3, -0.25) is 9.69 Å². The molecule has 2 aliphatic heterocycles. The fraction of sp³-hybridized carbons (Fsp3) is 0.565. The molecule has 10 nitrogen and oxygen atoms in total. The van der Waals surface area contributed by atoms with Gasteiger partial charge in [-0.25, -0.2) is 8.42 Å². The molecular formula is C23H34N6O4S. The van der Waals surface area contributed by atoms with E-state index >= 15 is 0 Å². The Bertz CT molecular complexity index is 1070. The zero-order chi connectivity index (χ0) is 24.3. The smallest absolute Gasteiger partial charge is 0.248 e. The zero-order valence-electron chi connectivity index (χ0n) is 20.2. The predicted molar refractivity (Wildman–Crippen MR) is 131 cm³/mol. The summed E-state index contributed by atoms with van der Waals surface area (Å²) in [6.07, 6.45) is 0. The Labute approximate surface area is 201 Å². The highest BCUT2D eigenvalue weighted by atomic mass is 32.2. The summed E-state index contributed by atoms with van der Waals surface area (Å²) in [4.78, 5) is 19.5. The normalized spacial score (nSPS) is 18.9. The summed E-state index contributed by atoms with van der Waals surface area (Å²) in [6.45, 7) is 12.5. The maximum absolute atomic E-state index is 13.0. The van der Waals surface area contributed by atoms with Crippen LogP contribution in [0.4, 0.5) is 11.4 Å². The van der Waals surface area contributed by atoms with E-state index in [0.717, 1.165) is 38.4 Å². The molecule has 2 aromatic rings. The number of hydrogen-bond acceptors (Lipinski definition) is 8. The van der Waals surface area contributed by atoms with Crippen molar-refractivity contribution >= 4 is 27.3 Å². The molecule has 186 valence electrons. The lowest BCUT2D eigenvalue weighted by Crippen LogP contribution is -2.50. The first-order valence-corrected chi connectivity index (χ1v) is 13.2. The Morgan fingerprint density at radius 1 is 0.971 bits per heavy atom. The maximum Gasteiger partial charge on any atom is 0.248 e. The van der Waals surface area contributed by atoms with Crippen LogP contribution in [0.3, 0.4) is 0 Å². The van der Waals surface area contributed by atoms with Crippen LogP contribution >= 0.6 is 0 Å². The highest BCUT2D eigenvalue weighted by Crippen LogP contribution is 2.24. The molecule has 0 saturated carbocycles. The number of nitrogens with one attached hydrogen (secondary N) is 1. The average molecular weight is 491 g/mol. The molecule has 11 heteroatoms. The van der Waals surface area contributed by atoms with Crippen molar-refractivity contribution in [1.29, 1.82) is 0 Å². The minimum absolute atomic E-state index is 0.105. The monoisotopic (exact) mass is 490 g/mol. The van der Waals surface area contributed by atoms with Gasteiger partial charge in [-0.05, 0) is 44.7 Å². The van der Waals surface area contributed by atoms with Crippen LogP contribution in [0.5, 0.6) is 0 Å². The van der Waals surface area contributed by atoms with E-state index in [9.17, 15) is 13.2 Å². The van der Waals surface area contributed by atoms with Gasteiger partial charge in [0.05, 0.1) is 6.54 Å². The predicted octanol–water partition coefficient (Wildman–Crippen LogP) is 1.38. The van der Waals surface area contributed by atoms with Crippen LogP contribution in [0.2, 0.25) is 0 Å². The number of nitrogens with zero attached hydrogens (tertiary/aromatic N) is 5. The van der Waals surface area contributed by atoms with Crippen LogP contribution in [0.15, 0.2) is 33.7 Å². The lowest BCUT2D eigenvalue weighted by atomic mass is 10.2. The number of likely N-dealkylation sites (N-methyl/N-ethyl adjacent to an activating group) is 1. The number of piperazine rings is 2. The number of carbonyl (C=O) groups excluding carboxylic acids is 1. The van der Waals surface area contributed by atoms with Gasteiger partial charge in [0.15, 0.2) is 5.76 Å². The van der Waals surface area contributed by atoms with Crippen molar-refractivity contribution in [3.05, 3.63) is 35.7 Å². The summed E-state index contributed by atoms with van der Waals surface area (Å²) in [6, 6.07) is 7.98. The first-order valence-electron chi connectivity index (χ1n) is 11.8. The second-order valence-corrected chi connectivity index (χ2v) is 10.7. The van der Waals surface area contributed by atoms with Crippen LogP contribution < -0.4 is 10.2 Å². The highest BCUT2D eigenvalue weighted by Gasteiger charge is 2.33. The molecule has 0 spiro atoms. The lowest BCUT2D eigenvalue weighted by molar-refractivity contribution is -0.117. The molecule has 0 aliphatic carbocycles. The van der Waals surface area contributed by atoms with E-state index in [1.165, 1.54) is 9.99 Å². The molecule has 1 aromatic carbocycles. The van der Waals surface area contributed by atoms with Gasteiger partial charge < -0.3 is 19.6 Å². The fourth-order valence-electron chi connectivity index (χ4n) is 4.58. The molecule has 2 fully saturated rings. The molecule has 1 amide bonds. The Morgan fingerprint density at radius 2 is 1.59 bits per heavy atom. The summed E-state index contributed by atoms with van der Waals surface area (Å²) in [5, 5.41) is 6.72. The molecule has 1 aromatic heterocycles. The minimum Gasteiger partial charge on any atom is -0.369 e. The average Bonchev–Trinajstić information content (AvgIpc) is 3.18. The summed E-state index contributed by atoms with van der Waals surface area (Å²) < 4.78 is 32.4. The minimum atomic E-state index is -3.66. The molecule has 34 heavy (non-hydrogen) atoms. The van der Waals surface area contributed by atoms with Crippen molar-refractivity contribution in [1.82, 2.24) is 19.3 Å². The molecule has 4 rings (SSSR count). The number of amides is 1. The molecule has 0 bridgehead atoms. The molecular weight excluding hydrogens is 456 g/mol. The molecule has 3 heterocycles. The van der Waals surface area contributed by atoms with Crippen molar-refractivity contribution in [2.75, 3.05) is 75.7 Å². The Kier molecular flexibility index (Phi) is 7.56. The number of rotatable bonds is 7. The molecule has 0 unspecified atom stereocenters. The molecule has 0 atom stereocenters. The van der Waals surface area contributed by atoms with Crippen molar-refractivity contribution in [3.63, 3.8) is 0 Å². The van der Waals surface area contributed by atoms with Gasteiger partial charge in [0.25, 0.3) is 0 Å².